The molecule has 0 aromatic carbocycles. The molecule has 0 aliphatic rings. The van der Waals surface area contributed by atoms with Crippen molar-refractivity contribution in [2.75, 3.05) is 0 Å². The number of aromatic nitrogens is 1. The van der Waals surface area contributed by atoms with Crippen LogP contribution in [0.15, 0.2) is 26.5 Å². The second-order valence-electron chi connectivity index (χ2n) is 3.20. The van der Waals surface area contributed by atoms with Gasteiger partial charge in [-0.1, -0.05) is 5.16 Å². The van der Waals surface area contributed by atoms with E-state index in [1.807, 2.05) is 11.4 Å². The largest absolute Gasteiger partial charge is 0.361 e. The number of carbonyl (C=O) groups excluding carboxylic acids is 1. The standard InChI is InChI=1S/C10H9BrN2O2S/c1-6-4-8(13-15-6)10(14)12-5-9-7(11)2-3-16-9/h2-4H,5H2,1H3,(H,12,14). The van der Waals surface area contributed by atoms with Crippen LogP contribution in [0.4, 0.5) is 0 Å². The predicted octanol–water partition coefficient (Wildman–Crippen LogP) is 2.74. The number of amides is 1. The molecule has 2 aromatic rings. The van der Waals surface area contributed by atoms with Gasteiger partial charge in [0.25, 0.3) is 5.91 Å². The number of halogens is 1. The maximum Gasteiger partial charge on any atom is 0.273 e. The molecule has 4 nitrogen and oxygen atoms in total. The summed E-state index contributed by atoms with van der Waals surface area (Å²) in [5.74, 6) is 0.402. The number of thiophene rings is 1. The summed E-state index contributed by atoms with van der Waals surface area (Å²) in [5.41, 5.74) is 0.310. The first kappa shape index (κ1) is 11.3. The quantitative estimate of drug-likeness (QED) is 0.948. The van der Waals surface area contributed by atoms with Gasteiger partial charge in [-0.25, -0.2) is 0 Å². The molecule has 2 heterocycles. The van der Waals surface area contributed by atoms with Crippen molar-refractivity contribution in [2.24, 2.45) is 0 Å². The zero-order valence-electron chi connectivity index (χ0n) is 8.49. The summed E-state index contributed by atoms with van der Waals surface area (Å²) < 4.78 is 5.84. The van der Waals surface area contributed by atoms with E-state index in [2.05, 4.69) is 26.4 Å². The molecule has 0 aliphatic carbocycles. The third-order valence-electron chi connectivity index (χ3n) is 1.96. The summed E-state index contributed by atoms with van der Waals surface area (Å²) in [6.07, 6.45) is 0. The Labute approximate surface area is 105 Å². The highest BCUT2D eigenvalue weighted by Crippen LogP contribution is 2.22. The Morgan fingerprint density at radius 2 is 2.50 bits per heavy atom. The van der Waals surface area contributed by atoms with Gasteiger partial charge in [0.15, 0.2) is 5.69 Å². The average molecular weight is 301 g/mol. The zero-order valence-corrected chi connectivity index (χ0v) is 10.9. The van der Waals surface area contributed by atoms with E-state index in [4.69, 9.17) is 4.52 Å². The van der Waals surface area contributed by atoms with Gasteiger partial charge in [-0.3, -0.25) is 4.79 Å². The minimum Gasteiger partial charge on any atom is -0.361 e. The first-order chi connectivity index (χ1) is 7.66. The van der Waals surface area contributed by atoms with Crippen molar-refractivity contribution in [2.45, 2.75) is 13.5 Å². The fraction of sp³-hybridized carbons (Fsp3) is 0.200. The molecule has 84 valence electrons. The van der Waals surface area contributed by atoms with E-state index in [1.54, 1.807) is 24.3 Å². The fourth-order valence-corrected chi connectivity index (χ4v) is 2.61. The van der Waals surface area contributed by atoms with Crippen LogP contribution in [0, 0.1) is 6.92 Å². The Hall–Kier alpha value is -1.14. The zero-order chi connectivity index (χ0) is 11.5. The van der Waals surface area contributed by atoms with Gasteiger partial charge in [-0.15, -0.1) is 11.3 Å². The Morgan fingerprint density at radius 3 is 3.06 bits per heavy atom. The van der Waals surface area contributed by atoms with Crippen molar-refractivity contribution in [1.82, 2.24) is 10.5 Å². The Morgan fingerprint density at radius 1 is 1.69 bits per heavy atom. The van der Waals surface area contributed by atoms with Crippen LogP contribution in [-0.4, -0.2) is 11.1 Å². The second kappa shape index (κ2) is 4.80. The number of nitrogens with one attached hydrogen (secondary N) is 1. The van der Waals surface area contributed by atoms with Crippen LogP contribution in [0.2, 0.25) is 0 Å². The van der Waals surface area contributed by atoms with Crippen molar-refractivity contribution in [3.05, 3.63) is 38.3 Å². The van der Waals surface area contributed by atoms with E-state index in [0.717, 1.165) is 9.35 Å². The number of carbonyl (C=O) groups is 1. The third kappa shape index (κ3) is 2.51. The molecular weight excluding hydrogens is 292 g/mol. The molecule has 0 aliphatic heterocycles. The topological polar surface area (TPSA) is 55.1 Å². The van der Waals surface area contributed by atoms with E-state index in [0.29, 0.717) is 18.0 Å². The number of hydrogen-bond acceptors (Lipinski definition) is 4. The van der Waals surface area contributed by atoms with Crippen LogP contribution in [0.3, 0.4) is 0 Å². The molecule has 6 heteroatoms. The molecule has 0 atom stereocenters. The van der Waals surface area contributed by atoms with Gasteiger partial charge in [-0.2, -0.15) is 0 Å². The molecule has 0 saturated heterocycles. The van der Waals surface area contributed by atoms with Crippen molar-refractivity contribution in [3.8, 4) is 0 Å². The Bertz CT molecular complexity index is 506. The van der Waals surface area contributed by atoms with E-state index in [1.165, 1.54) is 0 Å². The molecule has 0 spiro atoms. The van der Waals surface area contributed by atoms with Crippen molar-refractivity contribution in [1.29, 1.82) is 0 Å². The van der Waals surface area contributed by atoms with E-state index < -0.39 is 0 Å². The van der Waals surface area contributed by atoms with E-state index in [-0.39, 0.29) is 5.91 Å². The summed E-state index contributed by atoms with van der Waals surface area (Å²) >= 11 is 4.99. The second-order valence-corrected chi connectivity index (χ2v) is 5.05. The number of rotatable bonds is 3. The van der Waals surface area contributed by atoms with E-state index in [9.17, 15) is 4.79 Å². The number of nitrogens with zero attached hydrogens (tertiary/aromatic N) is 1. The van der Waals surface area contributed by atoms with Gasteiger partial charge in [0.1, 0.15) is 5.76 Å². The van der Waals surface area contributed by atoms with Gasteiger partial charge < -0.3 is 9.84 Å². The molecule has 16 heavy (non-hydrogen) atoms. The summed E-state index contributed by atoms with van der Waals surface area (Å²) in [4.78, 5) is 12.7. The van der Waals surface area contributed by atoms with Gasteiger partial charge in [-0.05, 0) is 34.3 Å². The third-order valence-corrected chi connectivity index (χ3v) is 3.89. The molecule has 1 N–H and O–H groups in total. The molecule has 2 aromatic heterocycles. The molecule has 0 saturated carbocycles. The summed E-state index contributed by atoms with van der Waals surface area (Å²) in [6.45, 7) is 2.24. The molecule has 1 amide bonds. The highest BCUT2D eigenvalue weighted by molar-refractivity contribution is 9.10. The lowest BCUT2D eigenvalue weighted by Gasteiger charge is -2.00. The first-order valence-electron chi connectivity index (χ1n) is 4.60. The lowest BCUT2D eigenvalue weighted by Crippen LogP contribution is -2.22. The van der Waals surface area contributed by atoms with Gasteiger partial charge in [0.2, 0.25) is 0 Å². The maximum absolute atomic E-state index is 11.6. The van der Waals surface area contributed by atoms with E-state index >= 15 is 0 Å². The summed E-state index contributed by atoms with van der Waals surface area (Å²) in [6, 6.07) is 3.56. The van der Waals surface area contributed by atoms with Crippen LogP contribution in [0.25, 0.3) is 0 Å². The molecule has 0 unspecified atom stereocenters. The van der Waals surface area contributed by atoms with Crippen LogP contribution in [0.1, 0.15) is 21.1 Å². The lowest BCUT2D eigenvalue weighted by molar-refractivity contribution is 0.0942. The van der Waals surface area contributed by atoms with Gasteiger partial charge in [0.05, 0.1) is 6.54 Å². The molecule has 0 bridgehead atoms. The van der Waals surface area contributed by atoms with Crippen molar-refractivity contribution < 1.29 is 9.32 Å². The Balaban J connectivity index is 1.96. The number of aryl methyl sites for hydroxylation is 1. The monoisotopic (exact) mass is 300 g/mol. The smallest absolute Gasteiger partial charge is 0.273 e. The molecule has 0 fully saturated rings. The lowest BCUT2D eigenvalue weighted by atomic mass is 10.3. The molecule has 0 radical (unpaired) electrons. The van der Waals surface area contributed by atoms with Gasteiger partial charge in [0, 0.05) is 15.4 Å². The average Bonchev–Trinajstić information content (AvgIpc) is 2.84. The minimum absolute atomic E-state index is 0.225. The molecular formula is C10H9BrN2O2S. The highest BCUT2D eigenvalue weighted by atomic mass is 79.9. The van der Waals surface area contributed by atoms with Crippen molar-refractivity contribution >= 4 is 33.2 Å². The predicted molar refractivity (Wildman–Crippen MR) is 64.4 cm³/mol. The maximum atomic E-state index is 11.6. The van der Waals surface area contributed by atoms with Crippen LogP contribution < -0.4 is 5.32 Å². The van der Waals surface area contributed by atoms with Crippen molar-refractivity contribution in [3.63, 3.8) is 0 Å². The molecule has 2 rings (SSSR count). The normalized spacial score (nSPS) is 10.4. The van der Waals surface area contributed by atoms with Crippen LogP contribution in [0.5, 0.6) is 0 Å². The summed E-state index contributed by atoms with van der Waals surface area (Å²) in [7, 11) is 0. The van der Waals surface area contributed by atoms with Gasteiger partial charge >= 0.3 is 0 Å². The highest BCUT2D eigenvalue weighted by Gasteiger charge is 2.11. The minimum atomic E-state index is -0.225. The summed E-state index contributed by atoms with van der Waals surface area (Å²) in [5, 5.41) is 8.38. The number of hydrogen-bond donors (Lipinski definition) is 1. The SMILES string of the molecule is Cc1cc(C(=O)NCc2sccc2Br)no1. The fourth-order valence-electron chi connectivity index (χ4n) is 1.18. The van der Waals surface area contributed by atoms with Crippen LogP contribution >= 0.6 is 27.3 Å². The Kier molecular flexibility index (Phi) is 3.40. The van der Waals surface area contributed by atoms with Crippen LogP contribution in [-0.2, 0) is 6.54 Å². The first-order valence-corrected chi connectivity index (χ1v) is 6.27.